The molecule has 0 spiro atoms. The lowest BCUT2D eigenvalue weighted by Gasteiger charge is -2.05. The van der Waals surface area contributed by atoms with Crippen molar-refractivity contribution in [2.45, 2.75) is 13.1 Å². The minimum atomic E-state index is -4.44. The van der Waals surface area contributed by atoms with Crippen LogP contribution in [-0.2, 0) is 6.18 Å². The van der Waals surface area contributed by atoms with Gasteiger partial charge >= 0.3 is 6.18 Å². The van der Waals surface area contributed by atoms with Crippen molar-refractivity contribution < 1.29 is 18.0 Å². The number of hydrogen-bond acceptors (Lipinski definition) is 3. The third kappa shape index (κ3) is 2.59. The van der Waals surface area contributed by atoms with Crippen LogP contribution in [0.1, 0.15) is 25.8 Å². The lowest BCUT2D eigenvalue weighted by molar-refractivity contribution is -0.137. The van der Waals surface area contributed by atoms with Gasteiger partial charge in [0, 0.05) is 11.1 Å². The molecule has 18 heavy (non-hydrogen) atoms. The summed E-state index contributed by atoms with van der Waals surface area (Å²) in [4.78, 5) is 16.9. The molecule has 2 nitrogen and oxygen atoms in total. The fraction of sp³-hybridized carbons (Fsp3) is 0.167. The Morgan fingerprint density at radius 1 is 1.22 bits per heavy atom. The number of pyridine rings is 1. The Morgan fingerprint density at radius 3 is 2.39 bits per heavy atom. The number of halogens is 3. The highest BCUT2D eigenvalue weighted by Gasteiger charge is 2.31. The highest BCUT2D eigenvalue weighted by molar-refractivity contribution is 7.14. The van der Waals surface area contributed by atoms with Gasteiger partial charge in [0.2, 0.25) is 5.78 Å². The number of rotatable bonds is 2. The van der Waals surface area contributed by atoms with E-state index in [0.29, 0.717) is 11.1 Å². The normalized spacial score (nSPS) is 11.6. The summed E-state index contributed by atoms with van der Waals surface area (Å²) in [6.07, 6.45) is -3.76. The third-order valence-corrected chi connectivity index (χ3v) is 3.29. The van der Waals surface area contributed by atoms with Gasteiger partial charge in [-0.3, -0.25) is 9.78 Å². The number of aryl methyl sites for hydroxylation is 1. The van der Waals surface area contributed by atoms with Crippen LogP contribution in [0.5, 0.6) is 0 Å². The predicted molar refractivity (Wildman–Crippen MR) is 61.7 cm³/mol. The minimum absolute atomic E-state index is 0.0184. The number of ketones is 1. The molecule has 0 amide bonds. The van der Waals surface area contributed by atoms with E-state index in [0.717, 1.165) is 17.0 Å². The quantitative estimate of drug-likeness (QED) is 0.779. The second kappa shape index (κ2) is 4.53. The summed E-state index contributed by atoms with van der Waals surface area (Å²) in [5.74, 6) is -0.359. The molecule has 6 heteroatoms. The van der Waals surface area contributed by atoms with Crippen LogP contribution in [0.15, 0.2) is 30.5 Å². The maximum absolute atomic E-state index is 12.3. The molecular formula is C12H8F3NOS. The van der Waals surface area contributed by atoms with Crippen LogP contribution < -0.4 is 0 Å². The summed E-state index contributed by atoms with van der Waals surface area (Å²) in [6.45, 7) is 1.85. The Labute approximate surface area is 105 Å². The smallest absolute Gasteiger partial charge is 0.286 e. The number of alkyl halides is 3. The molecule has 2 aromatic heterocycles. The molecule has 0 unspecified atom stereocenters. The number of carbonyl (C=O) groups excluding carboxylic acids is 1. The Hall–Kier alpha value is -1.69. The number of carbonyl (C=O) groups is 1. The molecule has 0 radical (unpaired) electrons. The van der Waals surface area contributed by atoms with Crippen molar-refractivity contribution >= 4 is 17.1 Å². The van der Waals surface area contributed by atoms with Gasteiger partial charge in [0.1, 0.15) is 5.69 Å². The van der Waals surface area contributed by atoms with Crippen molar-refractivity contribution in [2.24, 2.45) is 0 Å². The summed E-state index contributed by atoms with van der Waals surface area (Å²) in [5.41, 5.74) is -0.841. The van der Waals surface area contributed by atoms with Crippen LogP contribution >= 0.6 is 11.3 Å². The summed E-state index contributed by atoms with van der Waals surface area (Å²) >= 11 is 1.29. The lowest BCUT2D eigenvalue weighted by atomic mass is 10.2. The topological polar surface area (TPSA) is 30.0 Å². The van der Waals surface area contributed by atoms with E-state index in [1.165, 1.54) is 11.3 Å². The van der Waals surface area contributed by atoms with E-state index in [2.05, 4.69) is 4.98 Å². The molecule has 0 aliphatic rings. The fourth-order valence-electron chi connectivity index (χ4n) is 1.38. The molecule has 2 heterocycles. The van der Waals surface area contributed by atoms with Crippen LogP contribution in [0.25, 0.3) is 0 Å². The maximum Gasteiger partial charge on any atom is 0.417 e. The first-order valence-electron chi connectivity index (χ1n) is 5.02. The monoisotopic (exact) mass is 271 g/mol. The average Bonchev–Trinajstić information content (AvgIpc) is 2.74. The van der Waals surface area contributed by atoms with Crippen LogP contribution in [0.3, 0.4) is 0 Å². The first-order valence-corrected chi connectivity index (χ1v) is 5.84. The van der Waals surface area contributed by atoms with Crippen molar-refractivity contribution in [2.75, 3.05) is 0 Å². The van der Waals surface area contributed by atoms with E-state index in [-0.39, 0.29) is 11.5 Å². The van der Waals surface area contributed by atoms with Crippen molar-refractivity contribution in [3.05, 3.63) is 51.5 Å². The molecule has 0 N–H and O–H groups in total. The summed E-state index contributed by atoms with van der Waals surface area (Å²) < 4.78 is 37.0. The van der Waals surface area contributed by atoms with Gasteiger partial charge in [0.15, 0.2) is 0 Å². The minimum Gasteiger partial charge on any atom is -0.286 e. The highest BCUT2D eigenvalue weighted by atomic mass is 32.1. The van der Waals surface area contributed by atoms with E-state index in [9.17, 15) is 18.0 Å². The molecule has 94 valence electrons. The number of thiophene rings is 1. The molecule has 2 rings (SSSR count). The zero-order valence-corrected chi connectivity index (χ0v) is 10.1. The first kappa shape index (κ1) is 12.8. The predicted octanol–water partition coefficient (Wildman–Crippen LogP) is 3.70. The molecule has 0 fully saturated rings. The fourth-order valence-corrected chi connectivity index (χ4v) is 2.19. The van der Waals surface area contributed by atoms with E-state index in [1.54, 1.807) is 12.1 Å². The number of nitrogens with zero attached hydrogens (tertiary/aromatic N) is 1. The zero-order valence-electron chi connectivity index (χ0n) is 9.28. The molecule has 0 saturated heterocycles. The van der Waals surface area contributed by atoms with Gasteiger partial charge in [-0.1, -0.05) is 0 Å². The Balaban J connectivity index is 2.28. The summed E-state index contributed by atoms with van der Waals surface area (Å²) in [5, 5.41) is 0. The van der Waals surface area contributed by atoms with Gasteiger partial charge in [0.25, 0.3) is 0 Å². The van der Waals surface area contributed by atoms with Gasteiger partial charge < -0.3 is 0 Å². The van der Waals surface area contributed by atoms with E-state index >= 15 is 0 Å². The van der Waals surface area contributed by atoms with Gasteiger partial charge in [-0.15, -0.1) is 11.3 Å². The van der Waals surface area contributed by atoms with Gasteiger partial charge in [-0.25, -0.2) is 0 Å². The van der Waals surface area contributed by atoms with Crippen LogP contribution in [0.2, 0.25) is 0 Å². The van der Waals surface area contributed by atoms with Gasteiger partial charge in [-0.05, 0) is 31.2 Å². The Kier molecular flexibility index (Phi) is 3.21. The van der Waals surface area contributed by atoms with Gasteiger partial charge in [-0.2, -0.15) is 13.2 Å². The molecule has 0 aliphatic carbocycles. The first-order chi connectivity index (χ1) is 8.38. The van der Waals surface area contributed by atoms with Crippen molar-refractivity contribution in [1.29, 1.82) is 0 Å². The largest absolute Gasteiger partial charge is 0.417 e. The third-order valence-electron chi connectivity index (χ3n) is 2.29. The second-order valence-electron chi connectivity index (χ2n) is 3.67. The lowest BCUT2D eigenvalue weighted by Crippen LogP contribution is -2.08. The summed E-state index contributed by atoms with van der Waals surface area (Å²) in [6, 6.07) is 5.38. The van der Waals surface area contributed by atoms with Crippen molar-refractivity contribution in [3.8, 4) is 0 Å². The summed E-state index contributed by atoms with van der Waals surface area (Å²) in [7, 11) is 0. The molecular weight excluding hydrogens is 263 g/mol. The van der Waals surface area contributed by atoms with Crippen LogP contribution in [0, 0.1) is 6.92 Å². The molecule has 0 aromatic carbocycles. The van der Waals surface area contributed by atoms with E-state index < -0.39 is 11.7 Å². The number of aromatic nitrogens is 1. The molecule has 0 bridgehead atoms. The Bertz CT molecular complexity index is 572. The Morgan fingerprint density at radius 2 is 1.94 bits per heavy atom. The highest BCUT2D eigenvalue weighted by Crippen LogP contribution is 2.28. The van der Waals surface area contributed by atoms with Crippen molar-refractivity contribution in [3.63, 3.8) is 0 Å². The molecule has 0 saturated carbocycles. The maximum atomic E-state index is 12.3. The van der Waals surface area contributed by atoms with E-state index in [1.807, 2.05) is 6.92 Å². The number of hydrogen-bond donors (Lipinski definition) is 0. The van der Waals surface area contributed by atoms with Gasteiger partial charge in [0.05, 0.1) is 10.4 Å². The molecule has 0 aliphatic heterocycles. The van der Waals surface area contributed by atoms with Crippen molar-refractivity contribution in [1.82, 2.24) is 4.98 Å². The van der Waals surface area contributed by atoms with Crippen LogP contribution in [0.4, 0.5) is 13.2 Å². The van der Waals surface area contributed by atoms with E-state index in [4.69, 9.17) is 0 Å². The molecule has 0 atom stereocenters. The van der Waals surface area contributed by atoms with Crippen LogP contribution in [-0.4, -0.2) is 10.8 Å². The standard InChI is InChI=1S/C12H8F3NOS/c1-7-2-5-10(18-7)11(17)9-4-3-8(6-16-9)12(13,14)15/h2-6H,1H3. The SMILES string of the molecule is Cc1ccc(C(=O)c2ccc(C(F)(F)F)cn2)s1. The molecule has 2 aromatic rings. The second-order valence-corrected chi connectivity index (χ2v) is 4.96. The zero-order chi connectivity index (χ0) is 13.3. The average molecular weight is 271 g/mol.